The molecule has 168 valence electrons. The average Bonchev–Trinajstić information content (AvgIpc) is 2.95. The Morgan fingerprint density at radius 1 is 1.13 bits per heavy atom. The van der Waals surface area contributed by atoms with Gasteiger partial charge in [0.25, 0.3) is 0 Å². The zero-order chi connectivity index (χ0) is 21.9. The van der Waals surface area contributed by atoms with E-state index >= 15 is 0 Å². The zero-order valence-electron chi connectivity index (χ0n) is 17.8. The Labute approximate surface area is 180 Å². The number of hydrogen-bond acceptors (Lipinski definition) is 3. The highest BCUT2D eigenvalue weighted by Crippen LogP contribution is 2.44. The lowest BCUT2D eigenvalue weighted by Crippen LogP contribution is -2.49. The molecule has 1 fully saturated rings. The number of alkyl halides is 3. The molecule has 1 aromatic heterocycles. The van der Waals surface area contributed by atoms with Crippen LogP contribution in [-0.4, -0.2) is 34.3 Å². The van der Waals surface area contributed by atoms with E-state index in [1.807, 2.05) is 0 Å². The molecule has 2 heterocycles. The molecule has 1 saturated carbocycles. The molecule has 0 spiro atoms. The van der Waals surface area contributed by atoms with Gasteiger partial charge in [0, 0.05) is 32.0 Å². The number of aromatic nitrogens is 3. The molecule has 0 bridgehead atoms. The maximum absolute atomic E-state index is 13.2. The van der Waals surface area contributed by atoms with Crippen molar-refractivity contribution in [3.8, 4) is 0 Å². The minimum atomic E-state index is -4.33. The highest BCUT2D eigenvalue weighted by atomic mass is 19.4. The van der Waals surface area contributed by atoms with Crippen LogP contribution in [-0.2, 0) is 31.1 Å². The molecule has 9 heteroatoms. The zero-order valence-corrected chi connectivity index (χ0v) is 17.8. The second kappa shape index (κ2) is 8.88. The smallest absolute Gasteiger partial charge is 0.356 e. The summed E-state index contributed by atoms with van der Waals surface area (Å²) in [5, 5.41) is 15.2. The van der Waals surface area contributed by atoms with Crippen molar-refractivity contribution in [1.29, 1.82) is 0 Å². The quantitative estimate of drug-likeness (QED) is 0.555. The Hall–Kier alpha value is -2.58. The molecule has 2 aliphatic rings. The van der Waals surface area contributed by atoms with Crippen molar-refractivity contribution in [3.05, 3.63) is 47.0 Å². The molecule has 2 aromatic rings. The Kier molecular flexibility index (Phi) is 6.20. The highest BCUT2D eigenvalue weighted by Gasteiger charge is 2.40. The lowest BCUT2D eigenvalue weighted by molar-refractivity contribution is -0.137. The van der Waals surface area contributed by atoms with Crippen LogP contribution in [0.4, 0.5) is 13.2 Å². The van der Waals surface area contributed by atoms with Gasteiger partial charge in [0.2, 0.25) is 0 Å². The lowest BCUT2D eigenvalue weighted by atomic mass is 9.64. The van der Waals surface area contributed by atoms with E-state index in [1.165, 1.54) is 18.6 Å². The van der Waals surface area contributed by atoms with Crippen LogP contribution in [0.5, 0.6) is 0 Å². The molecule has 1 aliphatic carbocycles. The van der Waals surface area contributed by atoms with Crippen molar-refractivity contribution in [2.45, 2.75) is 69.6 Å². The van der Waals surface area contributed by atoms with Crippen LogP contribution in [0.15, 0.2) is 29.3 Å². The molecule has 0 atom stereocenters. The van der Waals surface area contributed by atoms with Crippen LogP contribution in [0.3, 0.4) is 0 Å². The first-order valence-electron chi connectivity index (χ1n) is 10.9. The maximum atomic E-state index is 13.2. The first kappa shape index (κ1) is 21.6. The van der Waals surface area contributed by atoms with E-state index in [4.69, 9.17) is 0 Å². The van der Waals surface area contributed by atoms with E-state index < -0.39 is 11.7 Å². The second-order valence-corrected chi connectivity index (χ2v) is 8.49. The summed E-state index contributed by atoms with van der Waals surface area (Å²) in [6.45, 7) is 1.97. The molecule has 2 N–H and O–H groups in total. The van der Waals surface area contributed by atoms with Gasteiger partial charge in [-0.2, -0.15) is 13.2 Å². The topological polar surface area (TPSA) is 67.1 Å². The third-order valence-corrected chi connectivity index (χ3v) is 6.53. The largest absolute Gasteiger partial charge is 0.416 e. The Morgan fingerprint density at radius 2 is 1.97 bits per heavy atom. The monoisotopic (exact) mass is 434 g/mol. The van der Waals surface area contributed by atoms with Crippen molar-refractivity contribution >= 4 is 5.96 Å². The second-order valence-electron chi connectivity index (χ2n) is 8.49. The Balaban J connectivity index is 1.40. The summed E-state index contributed by atoms with van der Waals surface area (Å²) in [7, 11) is 1.69. The van der Waals surface area contributed by atoms with Crippen LogP contribution in [0.2, 0.25) is 0 Å². The summed E-state index contributed by atoms with van der Waals surface area (Å²) in [5.41, 5.74) is -0.157. The number of rotatable bonds is 5. The first-order valence-corrected chi connectivity index (χ1v) is 10.9. The van der Waals surface area contributed by atoms with Crippen LogP contribution in [0.25, 0.3) is 0 Å². The van der Waals surface area contributed by atoms with Crippen LogP contribution in [0.1, 0.15) is 61.3 Å². The summed E-state index contributed by atoms with van der Waals surface area (Å²) in [5.74, 6) is 2.54. The Bertz CT molecular complexity index is 930. The number of nitrogens with one attached hydrogen (secondary N) is 2. The van der Waals surface area contributed by atoms with Gasteiger partial charge < -0.3 is 15.2 Å². The normalized spacial score (nSPS) is 18.6. The van der Waals surface area contributed by atoms with E-state index in [1.54, 1.807) is 13.1 Å². The molecule has 0 radical (unpaired) electrons. The van der Waals surface area contributed by atoms with Gasteiger partial charge in [-0.1, -0.05) is 31.0 Å². The molecule has 0 amide bonds. The molecule has 1 aliphatic heterocycles. The van der Waals surface area contributed by atoms with Gasteiger partial charge in [-0.05, 0) is 37.3 Å². The fourth-order valence-electron chi connectivity index (χ4n) is 4.51. The van der Waals surface area contributed by atoms with E-state index in [-0.39, 0.29) is 5.41 Å². The van der Waals surface area contributed by atoms with Crippen LogP contribution < -0.4 is 10.6 Å². The number of nitrogens with zero attached hydrogens (tertiary/aromatic N) is 4. The summed E-state index contributed by atoms with van der Waals surface area (Å²) in [4.78, 5) is 4.29. The standard InChI is InChI=1S/C22H29F3N6/c1-26-20(27-14-19-30-29-18-9-3-2-4-12-31(18)19)28-15-21(10-6-11-21)16-7-5-8-17(13-16)22(23,24)25/h5,7-8,13H,2-4,6,9-12,14-15H2,1H3,(H2,26,27,28). The van der Waals surface area contributed by atoms with Crippen molar-refractivity contribution in [3.63, 3.8) is 0 Å². The fourth-order valence-corrected chi connectivity index (χ4v) is 4.51. The van der Waals surface area contributed by atoms with Gasteiger partial charge >= 0.3 is 6.18 Å². The third-order valence-electron chi connectivity index (χ3n) is 6.53. The van der Waals surface area contributed by atoms with Gasteiger partial charge in [0.1, 0.15) is 5.82 Å². The fraction of sp³-hybridized carbons (Fsp3) is 0.591. The molecule has 0 saturated heterocycles. The van der Waals surface area contributed by atoms with Gasteiger partial charge in [0.05, 0.1) is 12.1 Å². The number of guanidine groups is 1. The number of halogens is 3. The summed E-state index contributed by atoms with van der Waals surface area (Å²) >= 11 is 0. The molecule has 4 rings (SSSR count). The van der Waals surface area contributed by atoms with Crippen molar-refractivity contribution in [2.24, 2.45) is 4.99 Å². The van der Waals surface area contributed by atoms with E-state index in [2.05, 4.69) is 30.4 Å². The third kappa shape index (κ3) is 4.70. The maximum Gasteiger partial charge on any atom is 0.416 e. The van der Waals surface area contributed by atoms with Gasteiger partial charge in [0.15, 0.2) is 11.8 Å². The molecular weight excluding hydrogens is 405 g/mol. The number of aryl methyl sites for hydroxylation is 1. The number of fused-ring (bicyclic) bond motifs is 1. The van der Waals surface area contributed by atoms with E-state index in [0.29, 0.717) is 19.0 Å². The van der Waals surface area contributed by atoms with E-state index in [0.717, 1.165) is 68.3 Å². The molecule has 31 heavy (non-hydrogen) atoms. The predicted octanol–water partition coefficient (Wildman–Crippen LogP) is 3.81. The molecule has 0 unspecified atom stereocenters. The summed E-state index contributed by atoms with van der Waals surface area (Å²) in [6, 6.07) is 5.73. The molecule has 6 nitrogen and oxygen atoms in total. The van der Waals surface area contributed by atoms with Crippen molar-refractivity contribution in [1.82, 2.24) is 25.4 Å². The van der Waals surface area contributed by atoms with Crippen molar-refractivity contribution < 1.29 is 13.2 Å². The van der Waals surface area contributed by atoms with Gasteiger partial charge in [-0.3, -0.25) is 4.99 Å². The SMILES string of the molecule is CN=C(NCc1nnc2n1CCCCC2)NCC1(c2cccc(C(F)(F)F)c2)CCC1. The first-order chi connectivity index (χ1) is 14.9. The van der Waals surface area contributed by atoms with Gasteiger partial charge in [-0.15, -0.1) is 10.2 Å². The van der Waals surface area contributed by atoms with Crippen molar-refractivity contribution in [2.75, 3.05) is 13.6 Å². The molecule has 1 aromatic carbocycles. The number of hydrogen-bond donors (Lipinski definition) is 2. The van der Waals surface area contributed by atoms with Crippen LogP contribution >= 0.6 is 0 Å². The summed E-state index contributed by atoms with van der Waals surface area (Å²) < 4.78 is 41.7. The van der Waals surface area contributed by atoms with Gasteiger partial charge in [-0.25, -0.2) is 0 Å². The average molecular weight is 435 g/mol. The van der Waals surface area contributed by atoms with Crippen LogP contribution in [0, 0.1) is 0 Å². The lowest BCUT2D eigenvalue weighted by Gasteiger charge is -2.43. The number of aliphatic imine (C=N–C) groups is 1. The Morgan fingerprint density at radius 3 is 2.68 bits per heavy atom. The number of benzene rings is 1. The molecular formula is C22H29F3N6. The van der Waals surface area contributed by atoms with E-state index in [9.17, 15) is 13.2 Å². The summed E-state index contributed by atoms with van der Waals surface area (Å²) in [6.07, 6.45) is 2.83. The highest BCUT2D eigenvalue weighted by molar-refractivity contribution is 5.79. The minimum Gasteiger partial charge on any atom is -0.356 e. The predicted molar refractivity (Wildman–Crippen MR) is 113 cm³/mol. The minimum absolute atomic E-state index is 0.301.